The van der Waals surface area contributed by atoms with E-state index in [4.69, 9.17) is 14.2 Å². The first-order chi connectivity index (χ1) is 23.5. The van der Waals surface area contributed by atoms with Crippen molar-refractivity contribution in [3.05, 3.63) is 59.7 Å². The molecule has 3 rings (SSSR count). The predicted octanol–water partition coefficient (Wildman–Crippen LogP) is 6.15. The molecule has 13 nitrogen and oxygen atoms in total. The van der Waals surface area contributed by atoms with E-state index in [2.05, 4.69) is 16.0 Å². The number of carbonyl (C=O) groups is 5. The van der Waals surface area contributed by atoms with E-state index in [-0.39, 0.29) is 13.0 Å². The van der Waals surface area contributed by atoms with Gasteiger partial charge in [0.25, 0.3) is 0 Å². The van der Waals surface area contributed by atoms with Crippen molar-refractivity contribution in [1.29, 1.82) is 0 Å². The van der Waals surface area contributed by atoms with E-state index in [1.165, 1.54) is 12.0 Å². The van der Waals surface area contributed by atoms with Gasteiger partial charge in [0.1, 0.15) is 23.3 Å². The lowest BCUT2D eigenvalue weighted by Gasteiger charge is -2.34. The summed E-state index contributed by atoms with van der Waals surface area (Å²) in [5, 5.41) is 18.5. The molecule has 1 aliphatic rings. The molecule has 274 valence electrons. The maximum atomic E-state index is 13.2. The Bertz CT molecular complexity index is 1450. The average Bonchev–Trinajstić information content (AvgIpc) is 3.35. The molecule has 0 aliphatic heterocycles. The number of rotatable bonds is 15. The number of nitrogens with zero attached hydrogens (tertiary/aromatic N) is 1. The highest BCUT2D eigenvalue weighted by Crippen LogP contribution is 2.47. The second-order valence-electron chi connectivity index (χ2n) is 14.2. The van der Waals surface area contributed by atoms with Crippen molar-refractivity contribution in [3.8, 4) is 11.1 Å². The predicted molar refractivity (Wildman–Crippen MR) is 187 cm³/mol. The molecule has 0 saturated heterocycles. The Morgan fingerprint density at radius 3 is 1.76 bits per heavy atom. The zero-order chi connectivity index (χ0) is 37.1. The number of alkyl carbamates (subject to hydrolysis) is 2. The van der Waals surface area contributed by atoms with Crippen molar-refractivity contribution in [3.63, 3.8) is 0 Å². The van der Waals surface area contributed by atoms with Crippen LogP contribution in [0.3, 0.4) is 0 Å². The summed E-state index contributed by atoms with van der Waals surface area (Å²) in [6.45, 7) is 11.0. The molecule has 2 atom stereocenters. The van der Waals surface area contributed by atoms with E-state index < -0.39 is 59.5 Å². The van der Waals surface area contributed by atoms with E-state index in [1.807, 2.05) is 48.5 Å². The van der Waals surface area contributed by atoms with Crippen LogP contribution >= 0.6 is 0 Å². The van der Waals surface area contributed by atoms with Gasteiger partial charge in [0.15, 0.2) is 0 Å². The molecule has 2 aromatic carbocycles. The third-order valence-corrected chi connectivity index (χ3v) is 7.88. The van der Waals surface area contributed by atoms with E-state index in [0.717, 1.165) is 22.3 Å². The van der Waals surface area contributed by atoms with Gasteiger partial charge in [-0.3, -0.25) is 9.69 Å². The maximum Gasteiger partial charge on any atom is 0.411 e. The first-order valence-corrected chi connectivity index (χ1v) is 17.0. The van der Waals surface area contributed by atoms with Gasteiger partial charge in [-0.15, -0.1) is 0 Å². The third kappa shape index (κ3) is 11.7. The number of benzene rings is 2. The van der Waals surface area contributed by atoms with Crippen molar-refractivity contribution in [2.45, 2.75) is 109 Å². The van der Waals surface area contributed by atoms with Gasteiger partial charge >= 0.3 is 24.2 Å². The van der Waals surface area contributed by atoms with Crippen molar-refractivity contribution >= 4 is 30.2 Å². The fourth-order valence-electron chi connectivity index (χ4n) is 5.82. The zero-order valence-electron chi connectivity index (χ0n) is 30.2. The second-order valence-corrected chi connectivity index (χ2v) is 14.2. The number of ether oxygens (including phenoxy) is 3. The largest absolute Gasteiger partial charge is 0.480 e. The van der Waals surface area contributed by atoms with Crippen molar-refractivity contribution in [1.82, 2.24) is 20.9 Å². The van der Waals surface area contributed by atoms with Crippen molar-refractivity contribution in [2.24, 2.45) is 0 Å². The van der Waals surface area contributed by atoms with E-state index in [0.29, 0.717) is 38.6 Å². The number of hydrogen-bond acceptors (Lipinski definition) is 8. The Kier molecular flexibility index (Phi) is 14.0. The minimum Gasteiger partial charge on any atom is -0.480 e. The van der Waals surface area contributed by atoms with Crippen molar-refractivity contribution in [2.75, 3.05) is 20.2 Å². The second kappa shape index (κ2) is 17.7. The summed E-state index contributed by atoms with van der Waals surface area (Å²) < 4.78 is 15.7. The number of carbonyl (C=O) groups excluding carboxylic acids is 4. The Morgan fingerprint density at radius 2 is 1.24 bits per heavy atom. The normalized spacial score (nSPS) is 13.6. The standard InChI is InChI=1S/C37H52N4O9/c1-36(2,3)49-33(45)39-23-14-12-20-28(40-34(46)50-37(4,5)6)31(42)38-22-15-13-21-29(32(43)44)41(35(47)48-7)30-26-18-10-8-16-24(26)25-17-9-11-19-27(25)30/h8-11,16-19,28-30H,12-15,20-23H2,1-7H3,(H,38,42)(H,39,45)(H,40,46)(H,43,44)/t28-,29-/m0/s1. The first-order valence-electron chi connectivity index (χ1n) is 17.0. The molecule has 4 N–H and O–H groups in total. The monoisotopic (exact) mass is 696 g/mol. The number of amides is 4. The highest BCUT2D eigenvalue weighted by atomic mass is 16.6. The molecule has 0 spiro atoms. The summed E-state index contributed by atoms with van der Waals surface area (Å²) in [7, 11) is 1.23. The molecule has 2 aromatic rings. The Morgan fingerprint density at radius 1 is 0.740 bits per heavy atom. The third-order valence-electron chi connectivity index (χ3n) is 7.88. The fraction of sp³-hybridized carbons (Fsp3) is 0.541. The van der Waals surface area contributed by atoms with Gasteiger partial charge in [0.2, 0.25) is 5.91 Å². The van der Waals surface area contributed by atoms with Crippen LogP contribution in [0, 0.1) is 0 Å². The SMILES string of the molecule is COC(=O)N(C1c2ccccc2-c2ccccc21)[C@@H](CCCCNC(=O)[C@H](CCCCNC(=O)OC(C)(C)C)NC(=O)OC(C)(C)C)C(=O)O. The molecule has 50 heavy (non-hydrogen) atoms. The lowest BCUT2D eigenvalue weighted by molar-refractivity contribution is -0.143. The van der Waals surface area contributed by atoms with Crippen LogP contribution in [0.25, 0.3) is 11.1 Å². The van der Waals surface area contributed by atoms with Crippen LogP contribution in [0.5, 0.6) is 0 Å². The number of hydrogen-bond donors (Lipinski definition) is 4. The molecule has 4 amide bonds. The minimum absolute atomic E-state index is 0.116. The number of carboxylic acids is 1. The molecule has 1 aliphatic carbocycles. The number of fused-ring (bicyclic) bond motifs is 3. The van der Waals surface area contributed by atoms with Crippen LogP contribution in [-0.4, -0.2) is 83.6 Å². The zero-order valence-corrected chi connectivity index (χ0v) is 30.2. The van der Waals surface area contributed by atoms with Crippen molar-refractivity contribution < 1.29 is 43.3 Å². The summed E-state index contributed by atoms with van der Waals surface area (Å²) in [6, 6.07) is 12.5. The molecular formula is C37H52N4O9. The molecule has 0 saturated carbocycles. The lowest BCUT2D eigenvalue weighted by Crippen LogP contribution is -2.48. The summed E-state index contributed by atoms with van der Waals surface area (Å²) in [4.78, 5) is 64.8. The summed E-state index contributed by atoms with van der Waals surface area (Å²) in [5.41, 5.74) is 2.13. The number of nitrogens with one attached hydrogen (secondary N) is 3. The summed E-state index contributed by atoms with van der Waals surface area (Å²) in [5.74, 6) is -1.58. The molecule has 13 heteroatoms. The minimum atomic E-state index is -1.20. The molecule has 0 radical (unpaired) electrons. The number of unbranched alkanes of at least 4 members (excludes halogenated alkanes) is 2. The van der Waals surface area contributed by atoms with Gasteiger partial charge in [0.05, 0.1) is 13.2 Å². The highest BCUT2D eigenvalue weighted by molar-refractivity contribution is 5.86. The number of aliphatic carboxylic acids is 1. The maximum absolute atomic E-state index is 13.2. The fourth-order valence-corrected chi connectivity index (χ4v) is 5.82. The molecule has 0 fully saturated rings. The number of methoxy groups -OCH3 is 1. The van der Waals surface area contributed by atoms with Gasteiger partial charge < -0.3 is 35.3 Å². The smallest absolute Gasteiger partial charge is 0.411 e. The van der Waals surface area contributed by atoms with Crippen LogP contribution in [0.2, 0.25) is 0 Å². The van der Waals surface area contributed by atoms with Crippen LogP contribution in [0.15, 0.2) is 48.5 Å². The van der Waals surface area contributed by atoms with Crippen LogP contribution in [0.1, 0.15) is 97.2 Å². The molecule has 0 heterocycles. The molecule has 0 aromatic heterocycles. The van der Waals surface area contributed by atoms with Gasteiger partial charge in [0, 0.05) is 13.1 Å². The van der Waals surface area contributed by atoms with Gasteiger partial charge in [-0.1, -0.05) is 48.5 Å². The number of carboxylic acid groups (broad SMARTS) is 1. The van der Waals surface area contributed by atoms with E-state index >= 15 is 0 Å². The van der Waals surface area contributed by atoms with Crippen LogP contribution in [0.4, 0.5) is 14.4 Å². The Labute approximate surface area is 294 Å². The van der Waals surface area contributed by atoms with Crippen LogP contribution in [-0.2, 0) is 23.8 Å². The van der Waals surface area contributed by atoms with Crippen LogP contribution < -0.4 is 16.0 Å². The average molecular weight is 697 g/mol. The molecule has 0 unspecified atom stereocenters. The van der Waals surface area contributed by atoms with Gasteiger partial charge in [-0.2, -0.15) is 0 Å². The Hall–Kier alpha value is -4.81. The quantitative estimate of drug-likeness (QED) is 0.126. The highest BCUT2D eigenvalue weighted by Gasteiger charge is 2.42. The summed E-state index contributed by atoms with van der Waals surface area (Å²) in [6.07, 6.45) is 0.250. The van der Waals surface area contributed by atoms with E-state index in [9.17, 15) is 29.1 Å². The first kappa shape index (κ1) is 39.6. The van der Waals surface area contributed by atoms with E-state index in [1.54, 1.807) is 41.5 Å². The molecular weight excluding hydrogens is 644 g/mol. The van der Waals surface area contributed by atoms with Gasteiger partial charge in [-0.05, 0) is 102 Å². The van der Waals surface area contributed by atoms with Gasteiger partial charge in [-0.25, -0.2) is 19.2 Å². The Balaban J connectivity index is 1.61. The summed E-state index contributed by atoms with van der Waals surface area (Å²) >= 11 is 0. The lowest BCUT2D eigenvalue weighted by atomic mass is 9.99. The topological polar surface area (TPSA) is 173 Å². The molecule has 0 bridgehead atoms.